The smallest absolute Gasteiger partial charge is 0.420 e. The Bertz CT molecular complexity index is 350. The van der Waals surface area contributed by atoms with Gasteiger partial charge < -0.3 is 10.5 Å². The van der Waals surface area contributed by atoms with Crippen LogP contribution in [0.15, 0.2) is 40.9 Å². The van der Waals surface area contributed by atoms with Crippen LogP contribution in [0.25, 0.3) is 0 Å². The van der Waals surface area contributed by atoms with E-state index in [0.29, 0.717) is 5.70 Å². The van der Waals surface area contributed by atoms with Crippen molar-refractivity contribution in [2.75, 3.05) is 0 Å². The van der Waals surface area contributed by atoms with Crippen LogP contribution in [-0.2, 0) is 4.79 Å². The molecule has 1 rings (SSSR count). The van der Waals surface area contributed by atoms with Crippen LogP contribution in [0.4, 0.5) is 0 Å². The zero-order chi connectivity index (χ0) is 10.6. The van der Waals surface area contributed by atoms with Crippen molar-refractivity contribution in [3.8, 4) is 0 Å². The van der Waals surface area contributed by atoms with Gasteiger partial charge in [-0.1, -0.05) is 0 Å². The van der Waals surface area contributed by atoms with E-state index >= 15 is 0 Å². The molecule has 0 aromatic carbocycles. The lowest BCUT2D eigenvalue weighted by Gasteiger charge is -2.02. The van der Waals surface area contributed by atoms with E-state index in [2.05, 4.69) is 10.4 Å². The lowest BCUT2D eigenvalue weighted by Crippen LogP contribution is -2.07. The Morgan fingerprint density at radius 3 is 2.50 bits per heavy atom. The number of nitrogens with one attached hydrogen (secondary N) is 1. The van der Waals surface area contributed by atoms with Gasteiger partial charge in [-0.25, -0.2) is 4.79 Å². The number of carbonyl (C=O) groups is 1. The van der Waals surface area contributed by atoms with Crippen LogP contribution >= 0.6 is 0 Å². The van der Waals surface area contributed by atoms with E-state index in [9.17, 15) is 10.0 Å². The highest BCUT2D eigenvalue weighted by Crippen LogP contribution is 2.10. The fourth-order valence-corrected chi connectivity index (χ4v) is 0.892. The van der Waals surface area contributed by atoms with E-state index in [-0.39, 0.29) is 4.86 Å². The van der Waals surface area contributed by atoms with Gasteiger partial charge >= 0.3 is 5.91 Å². The molecule has 0 spiro atoms. The summed E-state index contributed by atoms with van der Waals surface area (Å²) in [5.74, 6) is -0.633. The van der Waals surface area contributed by atoms with Gasteiger partial charge in [0, 0.05) is 23.1 Å². The third kappa shape index (κ3) is 2.55. The Morgan fingerprint density at radius 1 is 1.43 bits per heavy atom. The fraction of sp³-hybridized carbons (Fsp3) is 0.222. The highest BCUT2D eigenvalue weighted by molar-refractivity contribution is 5.63. The van der Waals surface area contributed by atoms with E-state index in [1.54, 1.807) is 31.5 Å². The number of azo groups is 1. The molecule has 14 heavy (non-hydrogen) atoms. The molecule has 1 amide bonds. The van der Waals surface area contributed by atoms with Gasteiger partial charge in [-0.05, 0) is 23.9 Å². The first-order chi connectivity index (χ1) is 6.61. The number of hydrogen-bond donors (Lipinski definition) is 1. The topological polar surface area (TPSA) is 67.5 Å². The Morgan fingerprint density at radius 2 is 2.00 bits per heavy atom. The zero-order valence-electron chi connectivity index (χ0n) is 8.02. The van der Waals surface area contributed by atoms with Crippen molar-refractivity contribution in [2.45, 2.75) is 13.8 Å². The van der Waals surface area contributed by atoms with Gasteiger partial charge in [-0.2, -0.15) is 0 Å². The first-order valence-electron chi connectivity index (χ1n) is 4.11. The van der Waals surface area contributed by atoms with E-state index in [0.717, 1.165) is 5.57 Å². The molecule has 0 fully saturated rings. The first-order valence-corrected chi connectivity index (χ1v) is 4.11. The third-order valence-corrected chi connectivity index (χ3v) is 1.65. The monoisotopic (exact) mass is 193 g/mol. The number of dihydropyridines is 1. The number of hydroxylamine groups is 1. The molecule has 0 unspecified atom stereocenters. The average molecular weight is 193 g/mol. The predicted octanol–water partition coefficient (Wildman–Crippen LogP) is 1.40. The number of hydrogen-bond acceptors (Lipinski definition) is 4. The summed E-state index contributed by atoms with van der Waals surface area (Å²) in [5.41, 5.74) is 1.30. The molecule has 1 N–H and O–H groups in total. The Hall–Kier alpha value is -1.91. The molecule has 1 heterocycles. The molecule has 0 saturated carbocycles. The molecule has 0 bridgehead atoms. The fourth-order valence-electron chi connectivity index (χ4n) is 0.892. The second-order valence-corrected chi connectivity index (χ2v) is 2.77. The Labute approximate surface area is 81.7 Å². The summed E-state index contributed by atoms with van der Waals surface area (Å²) in [5, 5.41) is 17.3. The molecule has 0 saturated heterocycles. The van der Waals surface area contributed by atoms with Crippen molar-refractivity contribution >= 4 is 5.91 Å². The first kappa shape index (κ1) is 10.2. The summed E-state index contributed by atoms with van der Waals surface area (Å²) < 4.78 is 0. The number of nitrogens with zero attached hydrogens (tertiary/aromatic N) is 2. The molecule has 5 heteroatoms. The van der Waals surface area contributed by atoms with Gasteiger partial charge in [0.1, 0.15) is 5.70 Å². The van der Waals surface area contributed by atoms with Gasteiger partial charge in [-0.3, -0.25) is 0 Å². The minimum Gasteiger partial charge on any atom is -0.592 e. The van der Waals surface area contributed by atoms with Crippen LogP contribution in [0.3, 0.4) is 0 Å². The van der Waals surface area contributed by atoms with Crippen LogP contribution in [0.2, 0.25) is 0 Å². The summed E-state index contributed by atoms with van der Waals surface area (Å²) >= 11 is 0. The molecular weight excluding hydrogens is 182 g/mol. The van der Waals surface area contributed by atoms with E-state index in [1.165, 1.54) is 6.92 Å². The molecule has 0 aromatic rings. The van der Waals surface area contributed by atoms with Crippen molar-refractivity contribution in [3.05, 3.63) is 41.0 Å². The molecule has 1 aliphatic heterocycles. The standard InChI is InChI=1S/C9H11N3O2/c1-7(11-12(14)8(2)13)9-3-5-10-6-4-9/h3-6,10H,1-2H3. The quantitative estimate of drug-likeness (QED) is 0.389. The SMILES string of the molecule is CC(=O)[N+]([O-])=NC(C)=C1C=CNC=C1. The summed E-state index contributed by atoms with van der Waals surface area (Å²) in [6.45, 7) is 2.84. The van der Waals surface area contributed by atoms with Crippen molar-refractivity contribution in [3.63, 3.8) is 0 Å². The summed E-state index contributed by atoms with van der Waals surface area (Å²) in [6, 6.07) is 0. The molecule has 0 radical (unpaired) electrons. The lowest BCUT2D eigenvalue weighted by atomic mass is 10.2. The highest BCUT2D eigenvalue weighted by atomic mass is 16.5. The summed E-state index contributed by atoms with van der Waals surface area (Å²) in [6.07, 6.45) is 6.98. The minimum absolute atomic E-state index is 0.0754. The summed E-state index contributed by atoms with van der Waals surface area (Å²) in [7, 11) is 0. The van der Waals surface area contributed by atoms with Crippen molar-refractivity contribution in [1.29, 1.82) is 0 Å². The molecule has 0 aliphatic carbocycles. The maximum atomic E-state index is 10.9. The molecular formula is C9H11N3O2. The van der Waals surface area contributed by atoms with Gasteiger partial charge in [0.15, 0.2) is 0 Å². The van der Waals surface area contributed by atoms with E-state index in [1.807, 2.05) is 0 Å². The highest BCUT2D eigenvalue weighted by Gasteiger charge is 2.06. The molecule has 0 atom stereocenters. The van der Waals surface area contributed by atoms with Crippen LogP contribution < -0.4 is 5.32 Å². The average Bonchev–Trinajstić information content (AvgIpc) is 2.19. The lowest BCUT2D eigenvalue weighted by molar-refractivity contribution is -0.445. The van der Waals surface area contributed by atoms with E-state index < -0.39 is 5.91 Å². The van der Waals surface area contributed by atoms with Crippen LogP contribution in [-0.4, -0.2) is 10.8 Å². The maximum absolute atomic E-state index is 10.9. The van der Waals surface area contributed by atoms with Gasteiger partial charge in [-0.15, -0.1) is 0 Å². The molecule has 74 valence electrons. The minimum atomic E-state index is -0.633. The third-order valence-electron chi connectivity index (χ3n) is 1.65. The molecule has 5 nitrogen and oxygen atoms in total. The van der Waals surface area contributed by atoms with Crippen molar-refractivity contribution in [1.82, 2.24) is 5.32 Å². The van der Waals surface area contributed by atoms with Gasteiger partial charge in [0.05, 0.1) is 6.92 Å². The molecule has 1 aliphatic rings. The van der Waals surface area contributed by atoms with Crippen LogP contribution in [0.1, 0.15) is 13.8 Å². The summed E-state index contributed by atoms with van der Waals surface area (Å²) in [4.78, 5) is 10.7. The number of carbonyl (C=O) groups excluding carboxylic acids is 1. The second kappa shape index (κ2) is 4.36. The maximum Gasteiger partial charge on any atom is 0.420 e. The van der Waals surface area contributed by atoms with Crippen LogP contribution in [0, 0.1) is 5.21 Å². The van der Waals surface area contributed by atoms with Gasteiger partial charge in [0.25, 0.3) is 0 Å². The Balaban J connectivity index is 2.93. The normalized spacial score (nSPS) is 15.3. The van der Waals surface area contributed by atoms with E-state index in [4.69, 9.17) is 0 Å². The second-order valence-electron chi connectivity index (χ2n) is 2.77. The van der Waals surface area contributed by atoms with Crippen molar-refractivity contribution < 1.29 is 9.66 Å². The predicted molar refractivity (Wildman–Crippen MR) is 50.9 cm³/mol. The Kier molecular flexibility index (Phi) is 3.17. The van der Waals surface area contributed by atoms with Gasteiger partial charge in [0.2, 0.25) is 0 Å². The molecule has 0 aromatic heterocycles. The van der Waals surface area contributed by atoms with Crippen molar-refractivity contribution in [2.24, 2.45) is 5.11 Å². The number of rotatable bonds is 1. The number of amides is 1. The largest absolute Gasteiger partial charge is 0.592 e. The zero-order valence-corrected chi connectivity index (χ0v) is 8.02. The number of allylic oxidation sites excluding steroid dienone is 4. The van der Waals surface area contributed by atoms with Crippen LogP contribution in [0.5, 0.6) is 0 Å².